The van der Waals surface area contributed by atoms with Crippen molar-refractivity contribution in [3.63, 3.8) is 0 Å². The van der Waals surface area contributed by atoms with Crippen LogP contribution in [0.5, 0.6) is 5.75 Å². The molecule has 178 valence electrons. The summed E-state index contributed by atoms with van der Waals surface area (Å²) in [6.07, 6.45) is 12.9. The van der Waals surface area contributed by atoms with Crippen LogP contribution in [-0.4, -0.2) is 42.8 Å². The third-order valence-electron chi connectivity index (χ3n) is 6.85. The van der Waals surface area contributed by atoms with Crippen molar-refractivity contribution in [2.45, 2.75) is 52.4 Å². The molecule has 6 heteroatoms. The van der Waals surface area contributed by atoms with Gasteiger partial charge in [0, 0.05) is 32.0 Å². The van der Waals surface area contributed by atoms with E-state index in [0.29, 0.717) is 18.4 Å². The van der Waals surface area contributed by atoms with Gasteiger partial charge in [0.1, 0.15) is 5.75 Å². The maximum Gasteiger partial charge on any atom is 0.225 e. The molecule has 1 aromatic carbocycles. The largest absolute Gasteiger partial charge is 0.493 e. The topological polar surface area (TPSA) is 59.5 Å². The Balaban J connectivity index is 1.19. The summed E-state index contributed by atoms with van der Waals surface area (Å²) in [5, 5.41) is 0. The number of rotatable bonds is 10. The van der Waals surface area contributed by atoms with E-state index in [1.54, 1.807) is 0 Å². The van der Waals surface area contributed by atoms with Crippen LogP contribution < -0.4 is 15.1 Å². The first-order valence-corrected chi connectivity index (χ1v) is 12.6. The molecule has 1 aliphatic heterocycles. The van der Waals surface area contributed by atoms with E-state index in [-0.39, 0.29) is 0 Å². The van der Waals surface area contributed by atoms with Crippen LogP contribution >= 0.6 is 0 Å². The fraction of sp³-hybridized carbons (Fsp3) is 0.556. The molecule has 2 aromatic rings. The van der Waals surface area contributed by atoms with Crippen molar-refractivity contribution in [1.82, 2.24) is 15.4 Å². The van der Waals surface area contributed by atoms with Gasteiger partial charge in [-0.1, -0.05) is 25.1 Å². The minimum absolute atomic E-state index is 0.583. The van der Waals surface area contributed by atoms with Gasteiger partial charge >= 0.3 is 0 Å². The Morgan fingerprint density at radius 2 is 1.76 bits per heavy atom. The lowest BCUT2D eigenvalue weighted by molar-refractivity contribution is 0.0407. The Hall–Kier alpha value is -2.44. The highest BCUT2D eigenvalue weighted by Gasteiger charge is 2.21. The molecule has 4 rings (SSSR count). The first kappa shape index (κ1) is 23.7. The number of anilines is 1. The van der Waals surface area contributed by atoms with Gasteiger partial charge in [0.25, 0.3) is 0 Å². The monoisotopic (exact) mass is 450 g/mol. The maximum absolute atomic E-state index is 6.14. The van der Waals surface area contributed by atoms with Crippen LogP contribution in [0.15, 0.2) is 42.7 Å². The first-order chi connectivity index (χ1) is 16.2. The van der Waals surface area contributed by atoms with E-state index in [9.17, 15) is 0 Å². The zero-order chi connectivity index (χ0) is 22.9. The number of aryl methyl sites for hydroxylation is 1. The quantitative estimate of drug-likeness (QED) is 0.403. The molecule has 2 aliphatic rings. The Kier molecular flexibility index (Phi) is 8.72. The molecule has 1 aromatic heterocycles. The van der Waals surface area contributed by atoms with E-state index in [1.807, 2.05) is 19.3 Å². The Bertz CT molecular complexity index is 874. The van der Waals surface area contributed by atoms with Crippen molar-refractivity contribution >= 4 is 11.5 Å². The number of nitrogens with one attached hydrogen (secondary N) is 1. The number of benzene rings is 1. The summed E-state index contributed by atoms with van der Waals surface area (Å²) in [6.45, 7) is 8.54. The van der Waals surface area contributed by atoms with E-state index < -0.39 is 0 Å². The number of ether oxygens (including phenoxy) is 1. The van der Waals surface area contributed by atoms with Crippen molar-refractivity contribution in [3.05, 3.63) is 53.9 Å². The summed E-state index contributed by atoms with van der Waals surface area (Å²) >= 11 is 0. The summed E-state index contributed by atoms with van der Waals surface area (Å²) in [5.41, 5.74) is 7.03. The van der Waals surface area contributed by atoms with Gasteiger partial charge < -0.3 is 14.5 Å². The zero-order valence-electron chi connectivity index (χ0n) is 20.1. The second-order valence-electron chi connectivity index (χ2n) is 9.16. The Morgan fingerprint density at radius 1 is 1.00 bits per heavy atom. The molecule has 0 radical (unpaired) electrons. The number of piperidine rings is 1. The molecule has 0 amide bonds. The van der Waals surface area contributed by atoms with E-state index in [0.717, 1.165) is 70.0 Å². The zero-order valence-corrected chi connectivity index (χ0v) is 20.1. The second-order valence-corrected chi connectivity index (χ2v) is 9.16. The van der Waals surface area contributed by atoms with Gasteiger partial charge in [-0.15, -0.1) is 0 Å². The highest BCUT2D eigenvalue weighted by Crippen LogP contribution is 2.31. The maximum atomic E-state index is 6.14. The molecule has 0 saturated carbocycles. The molecule has 1 saturated heterocycles. The predicted molar refractivity (Wildman–Crippen MR) is 133 cm³/mol. The molecule has 1 fully saturated rings. The Morgan fingerprint density at radius 3 is 2.39 bits per heavy atom. The van der Waals surface area contributed by atoms with E-state index in [4.69, 9.17) is 9.57 Å². The SMILES string of the molecule is CCONCC1CC=C(c2ccc(OCC3CCN(c4ncc(CC)cn4)CC3)cc2)CC1. The van der Waals surface area contributed by atoms with Crippen LogP contribution in [0, 0.1) is 11.8 Å². The average molecular weight is 451 g/mol. The standard InChI is InChI=1S/C27H38N4O2/c1-3-21-17-28-27(29-18-21)31-15-13-23(14-16-31)20-32-26-11-9-25(10-12-26)24-7-5-22(6-8-24)19-30-33-4-2/h7,9-12,17-18,22-23,30H,3-6,8,13-16,19-20H2,1-2H3. The number of hydroxylamine groups is 1. The van der Waals surface area contributed by atoms with Gasteiger partial charge in [0.2, 0.25) is 5.95 Å². The molecule has 0 spiro atoms. The van der Waals surface area contributed by atoms with Crippen molar-refractivity contribution < 1.29 is 9.57 Å². The van der Waals surface area contributed by atoms with Crippen molar-refractivity contribution in [1.29, 1.82) is 0 Å². The second kappa shape index (κ2) is 12.1. The molecule has 1 unspecified atom stereocenters. The molecular weight excluding hydrogens is 412 g/mol. The van der Waals surface area contributed by atoms with Crippen molar-refractivity contribution in [2.75, 3.05) is 37.7 Å². The summed E-state index contributed by atoms with van der Waals surface area (Å²) in [6, 6.07) is 8.66. The van der Waals surface area contributed by atoms with E-state index >= 15 is 0 Å². The van der Waals surface area contributed by atoms with Crippen molar-refractivity contribution in [2.24, 2.45) is 11.8 Å². The van der Waals surface area contributed by atoms with Crippen LogP contribution in [-0.2, 0) is 11.3 Å². The van der Waals surface area contributed by atoms with Crippen LogP contribution in [0.2, 0.25) is 0 Å². The Labute approximate surface area is 198 Å². The van der Waals surface area contributed by atoms with Crippen molar-refractivity contribution in [3.8, 4) is 5.75 Å². The lowest BCUT2D eigenvalue weighted by Gasteiger charge is -2.31. The average Bonchev–Trinajstić information content (AvgIpc) is 2.89. The van der Waals surface area contributed by atoms with Gasteiger partial charge in [-0.05, 0) is 86.1 Å². The van der Waals surface area contributed by atoms with Gasteiger partial charge in [0.15, 0.2) is 0 Å². The van der Waals surface area contributed by atoms with Crippen LogP contribution in [0.3, 0.4) is 0 Å². The van der Waals surface area contributed by atoms with Crippen LogP contribution in [0.4, 0.5) is 5.95 Å². The van der Waals surface area contributed by atoms with E-state index in [1.165, 1.54) is 23.1 Å². The molecule has 2 heterocycles. The van der Waals surface area contributed by atoms with Gasteiger partial charge in [-0.3, -0.25) is 0 Å². The number of hydrogen-bond acceptors (Lipinski definition) is 6. The molecule has 6 nitrogen and oxygen atoms in total. The van der Waals surface area contributed by atoms with Gasteiger partial charge in [-0.25, -0.2) is 15.4 Å². The molecule has 0 bridgehead atoms. The van der Waals surface area contributed by atoms with Crippen LogP contribution in [0.25, 0.3) is 5.57 Å². The summed E-state index contributed by atoms with van der Waals surface area (Å²) in [4.78, 5) is 16.6. The van der Waals surface area contributed by atoms with Gasteiger partial charge in [-0.2, -0.15) is 0 Å². The predicted octanol–water partition coefficient (Wildman–Crippen LogP) is 5.06. The highest BCUT2D eigenvalue weighted by molar-refractivity contribution is 5.66. The molecular formula is C27H38N4O2. The third-order valence-corrected chi connectivity index (χ3v) is 6.85. The highest BCUT2D eigenvalue weighted by atomic mass is 16.6. The number of hydrogen-bond donors (Lipinski definition) is 1. The summed E-state index contributed by atoms with van der Waals surface area (Å²) in [7, 11) is 0. The lowest BCUT2D eigenvalue weighted by atomic mass is 9.86. The lowest BCUT2D eigenvalue weighted by Crippen LogP contribution is -2.36. The fourth-order valence-electron chi connectivity index (χ4n) is 4.59. The smallest absolute Gasteiger partial charge is 0.225 e. The molecule has 1 N–H and O–H groups in total. The normalized spacial score (nSPS) is 19.4. The summed E-state index contributed by atoms with van der Waals surface area (Å²) < 4.78 is 6.14. The van der Waals surface area contributed by atoms with E-state index in [2.05, 4.69) is 57.6 Å². The third kappa shape index (κ3) is 6.78. The summed E-state index contributed by atoms with van der Waals surface area (Å²) in [5.74, 6) is 3.07. The number of allylic oxidation sites excluding steroid dienone is 2. The van der Waals surface area contributed by atoms with Crippen LogP contribution in [0.1, 0.15) is 57.1 Å². The first-order valence-electron chi connectivity index (χ1n) is 12.6. The molecule has 33 heavy (non-hydrogen) atoms. The minimum atomic E-state index is 0.583. The number of aromatic nitrogens is 2. The van der Waals surface area contributed by atoms with Gasteiger partial charge in [0.05, 0.1) is 13.2 Å². The molecule has 1 atom stereocenters. The minimum Gasteiger partial charge on any atom is -0.493 e. The number of nitrogens with zero attached hydrogens (tertiary/aromatic N) is 3. The molecule has 1 aliphatic carbocycles. The fourth-order valence-corrected chi connectivity index (χ4v) is 4.59.